The first-order valence-corrected chi connectivity index (χ1v) is 12.3. The van der Waals surface area contributed by atoms with Crippen LogP contribution in [0.5, 0.6) is 5.75 Å². The van der Waals surface area contributed by atoms with Crippen molar-refractivity contribution in [3.63, 3.8) is 0 Å². The van der Waals surface area contributed by atoms with Gasteiger partial charge in [-0.3, -0.25) is 4.90 Å². The van der Waals surface area contributed by atoms with Crippen molar-refractivity contribution in [2.45, 2.75) is 63.0 Å². The lowest BCUT2D eigenvalue weighted by atomic mass is 9.72. The summed E-state index contributed by atoms with van der Waals surface area (Å²) in [4.78, 5) is 4.82. The Hall–Kier alpha value is -2.09. The fraction of sp³-hybridized carbons (Fsp3) is 0.556. The summed E-state index contributed by atoms with van der Waals surface area (Å²) in [6.07, 6.45) is -0.424. The Morgan fingerprint density at radius 2 is 1.56 bits per heavy atom. The maximum atomic E-state index is 12.8. The Bertz CT molecular complexity index is 908. The molecule has 2 aliphatic rings. The zero-order valence-corrected chi connectivity index (χ0v) is 19.8. The van der Waals surface area contributed by atoms with Gasteiger partial charge in [-0.05, 0) is 43.0 Å². The molecule has 34 heavy (non-hydrogen) atoms. The van der Waals surface area contributed by atoms with Crippen LogP contribution < -0.4 is 4.74 Å². The van der Waals surface area contributed by atoms with Crippen LogP contribution in [0, 0.1) is 0 Å². The third-order valence-electron chi connectivity index (χ3n) is 7.54. The van der Waals surface area contributed by atoms with Gasteiger partial charge >= 0.3 is 6.36 Å². The van der Waals surface area contributed by atoms with E-state index in [1.54, 1.807) is 6.07 Å². The number of hydrogen-bond donors (Lipinski definition) is 1. The molecule has 4 nitrogen and oxygen atoms in total. The van der Waals surface area contributed by atoms with E-state index >= 15 is 0 Å². The first-order chi connectivity index (χ1) is 16.2. The monoisotopic (exact) mass is 476 g/mol. The van der Waals surface area contributed by atoms with E-state index in [0.717, 1.165) is 45.4 Å². The quantitative estimate of drug-likeness (QED) is 0.553. The van der Waals surface area contributed by atoms with Crippen LogP contribution >= 0.6 is 0 Å². The summed E-state index contributed by atoms with van der Waals surface area (Å²) in [5, 5.41) is 11.6. The van der Waals surface area contributed by atoms with E-state index in [9.17, 15) is 18.3 Å². The molecule has 2 aromatic rings. The number of ether oxygens (including phenoxy) is 1. The molecule has 2 fully saturated rings. The van der Waals surface area contributed by atoms with E-state index in [2.05, 4.69) is 45.7 Å². The number of benzene rings is 2. The zero-order valence-electron chi connectivity index (χ0n) is 19.8. The number of hydrogen-bond acceptors (Lipinski definition) is 4. The molecule has 4 rings (SSSR count). The molecule has 0 aromatic heterocycles. The smallest absolute Gasteiger partial charge is 0.406 e. The molecular formula is C27H35F3N2O2. The molecular weight excluding hydrogens is 441 g/mol. The molecule has 1 aliphatic heterocycles. The van der Waals surface area contributed by atoms with E-state index in [1.165, 1.54) is 17.7 Å². The van der Waals surface area contributed by atoms with Gasteiger partial charge in [-0.2, -0.15) is 0 Å². The van der Waals surface area contributed by atoms with Crippen LogP contribution in [0.1, 0.15) is 62.1 Å². The molecule has 1 N–H and O–H groups in total. The molecule has 2 aromatic carbocycles. The van der Waals surface area contributed by atoms with Crippen molar-refractivity contribution in [1.82, 2.24) is 9.80 Å². The average molecular weight is 477 g/mol. The number of piperazine rings is 1. The summed E-state index contributed by atoms with van der Waals surface area (Å²) < 4.78 is 42.6. The Labute approximate surface area is 200 Å². The number of aliphatic hydroxyl groups is 1. The van der Waals surface area contributed by atoms with Gasteiger partial charge in [-0.15, -0.1) is 13.2 Å². The lowest BCUT2D eigenvalue weighted by molar-refractivity contribution is -0.274. The molecule has 0 unspecified atom stereocenters. The van der Waals surface area contributed by atoms with Crippen LogP contribution in [0.25, 0.3) is 0 Å². The lowest BCUT2D eigenvalue weighted by Gasteiger charge is -2.44. The summed E-state index contributed by atoms with van der Waals surface area (Å²) >= 11 is 0. The molecule has 2 atom stereocenters. The van der Waals surface area contributed by atoms with Crippen molar-refractivity contribution in [2.24, 2.45) is 0 Å². The largest absolute Gasteiger partial charge is 0.573 e. The predicted molar refractivity (Wildman–Crippen MR) is 127 cm³/mol. The second kappa shape index (κ2) is 10.7. The summed E-state index contributed by atoms with van der Waals surface area (Å²) in [6, 6.07) is 17.0. The zero-order chi connectivity index (χ0) is 24.2. The minimum Gasteiger partial charge on any atom is -0.406 e. The summed E-state index contributed by atoms with van der Waals surface area (Å²) in [7, 11) is 0. The molecule has 0 radical (unpaired) electrons. The van der Waals surface area contributed by atoms with Crippen molar-refractivity contribution >= 4 is 0 Å². The molecule has 7 heteroatoms. The summed E-state index contributed by atoms with van der Waals surface area (Å²) in [6.45, 7) is 6.41. The molecule has 1 heterocycles. The van der Waals surface area contributed by atoms with E-state index in [0.29, 0.717) is 31.0 Å². The van der Waals surface area contributed by atoms with Crippen LogP contribution in [0.4, 0.5) is 13.2 Å². The number of halogens is 3. The highest BCUT2D eigenvalue weighted by Gasteiger charge is 2.40. The second-order valence-electron chi connectivity index (χ2n) is 9.76. The van der Waals surface area contributed by atoms with Crippen LogP contribution in [0.15, 0.2) is 54.6 Å². The van der Waals surface area contributed by atoms with Gasteiger partial charge in [0.25, 0.3) is 0 Å². The fourth-order valence-corrected chi connectivity index (χ4v) is 5.56. The fourth-order valence-electron chi connectivity index (χ4n) is 5.56. The molecule has 1 aliphatic carbocycles. The maximum Gasteiger partial charge on any atom is 0.573 e. The molecule has 0 spiro atoms. The van der Waals surface area contributed by atoms with Crippen LogP contribution in [0.2, 0.25) is 0 Å². The van der Waals surface area contributed by atoms with Gasteiger partial charge in [0, 0.05) is 44.7 Å². The third kappa shape index (κ3) is 6.32. The van der Waals surface area contributed by atoms with Crippen molar-refractivity contribution in [3.05, 3.63) is 65.7 Å². The molecule has 186 valence electrons. The van der Waals surface area contributed by atoms with Gasteiger partial charge in [0.15, 0.2) is 0 Å². The highest BCUT2D eigenvalue weighted by atomic mass is 19.4. The van der Waals surface area contributed by atoms with Crippen LogP contribution in [-0.2, 0) is 0 Å². The van der Waals surface area contributed by atoms with E-state index in [1.807, 2.05) is 12.1 Å². The first kappa shape index (κ1) is 25.0. The van der Waals surface area contributed by atoms with E-state index in [-0.39, 0.29) is 11.7 Å². The minimum absolute atomic E-state index is 0.226. The molecule has 1 saturated heterocycles. The summed E-state index contributed by atoms with van der Waals surface area (Å²) in [5.74, 6) is -0.487. The molecule has 0 amide bonds. The normalized spacial score (nSPS) is 21.7. The predicted octanol–water partition coefficient (Wildman–Crippen LogP) is 5.74. The highest BCUT2D eigenvalue weighted by Crippen LogP contribution is 2.41. The van der Waals surface area contributed by atoms with Gasteiger partial charge in [0.1, 0.15) is 5.75 Å². The maximum absolute atomic E-state index is 12.8. The average Bonchev–Trinajstić information content (AvgIpc) is 2.82. The van der Waals surface area contributed by atoms with Crippen LogP contribution in [0.3, 0.4) is 0 Å². The molecule has 0 bridgehead atoms. The molecule has 1 saturated carbocycles. The third-order valence-corrected chi connectivity index (χ3v) is 7.54. The number of rotatable bonds is 7. The van der Waals surface area contributed by atoms with Crippen molar-refractivity contribution in [2.75, 3.05) is 32.7 Å². The van der Waals surface area contributed by atoms with Gasteiger partial charge in [0.05, 0.1) is 5.60 Å². The van der Waals surface area contributed by atoms with Crippen LogP contribution in [-0.4, -0.2) is 59.6 Å². The highest BCUT2D eigenvalue weighted by molar-refractivity contribution is 5.33. The standard InChI is InChI=1S/C27H35F3N2O2/c1-21(22-9-4-2-5-10-22)32-17-15-31(16-18-32)20-25(26(33)13-6-3-7-14-26)23-11-8-12-24(19-23)34-27(28,29)30/h2,4-5,8-12,19,21,25,33H,3,6-7,13-18,20H2,1H3/t21-,25-/m1/s1. The van der Waals surface area contributed by atoms with Gasteiger partial charge in [-0.1, -0.05) is 61.7 Å². The Balaban J connectivity index is 1.47. The summed E-state index contributed by atoms with van der Waals surface area (Å²) in [5.41, 5.74) is 1.10. The first-order valence-electron chi connectivity index (χ1n) is 12.3. The SMILES string of the molecule is C[C@H](c1ccccc1)N1CCN(C[C@H](c2cccc(OC(F)(F)F)c2)C2(O)CCCCC2)CC1. The van der Waals surface area contributed by atoms with E-state index < -0.39 is 12.0 Å². The second-order valence-corrected chi connectivity index (χ2v) is 9.76. The van der Waals surface area contributed by atoms with Gasteiger partial charge in [0.2, 0.25) is 0 Å². The van der Waals surface area contributed by atoms with Gasteiger partial charge in [-0.25, -0.2) is 0 Å². The Morgan fingerprint density at radius 1 is 0.912 bits per heavy atom. The number of nitrogens with zero attached hydrogens (tertiary/aromatic N) is 2. The topological polar surface area (TPSA) is 35.9 Å². The van der Waals surface area contributed by atoms with E-state index in [4.69, 9.17) is 0 Å². The Kier molecular flexibility index (Phi) is 7.85. The lowest BCUT2D eigenvalue weighted by Crippen LogP contribution is -2.51. The Morgan fingerprint density at radius 3 is 2.21 bits per heavy atom. The number of alkyl halides is 3. The van der Waals surface area contributed by atoms with Crippen molar-refractivity contribution in [3.8, 4) is 5.75 Å². The van der Waals surface area contributed by atoms with Crippen molar-refractivity contribution < 1.29 is 23.0 Å². The van der Waals surface area contributed by atoms with Crippen molar-refractivity contribution in [1.29, 1.82) is 0 Å². The van der Waals surface area contributed by atoms with Gasteiger partial charge < -0.3 is 14.7 Å². The minimum atomic E-state index is -4.73.